The summed E-state index contributed by atoms with van der Waals surface area (Å²) in [5.41, 5.74) is 0.754. The summed E-state index contributed by atoms with van der Waals surface area (Å²) in [5.74, 6) is -0.968. The highest BCUT2D eigenvalue weighted by molar-refractivity contribution is 6.11. The van der Waals surface area contributed by atoms with E-state index < -0.39 is 17.9 Å². The Morgan fingerprint density at radius 2 is 1.93 bits per heavy atom. The van der Waals surface area contributed by atoms with Gasteiger partial charge in [0.15, 0.2) is 6.04 Å². The third-order valence-corrected chi connectivity index (χ3v) is 2.46. The first-order chi connectivity index (χ1) is 7.16. The second-order valence-electron chi connectivity index (χ2n) is 3.30. The fraction of sp³-hybridized carbons (Fsp3) is 0.200. The molecule has 0 N–H and O–H groups in total. The Kier molecular flexibility index (Phi) is 2.07. The molecule has 1 aliphatic heterocycles. The van der Waals surface area contributed by atoms with E-state index in [2.05, 4.69) is 5.18 Å². The molecular formula is C10H8N2O3. The van der Waals surface area contributed by atoms with Crippen LogP contribution in [0.4, 0.5) is 0 Å². The van der Waals surface area contributed by atoms with Crippen LogP contribution in [0.1, 0.15) is 22.0 Å². The minimum atomic E-state index is -1.09. The maximum Gasteiger partial charge on any atom is 0.262 e. The largest absolute Gasteiger partial charge is 0.279 e. The van der Waals surface area contributed by atoms with E-state index >= 15 is 0 Å². The molecule has 0 radical (unpaired) electrons. The third kappa shape index (κ3) is 1.24. The molecule has 0 spiro atoms. The first-order valence-corrected chi connectivity index (χ1v) is 4.40. The van der Waals surface area contributed by atoms with Gasteiger partial charge in [-0.05, 0) is 6.07 Å². The summed E-state index contributed by atoms with van der Waals surface area (Å²) in [5, 5.41) is 2.76. The summed E-state index contributed by atoms with van der Waals surface area (Å²) >= 11 is 0. The van der Waals surface area contributed by atoms with Crippen molar-refractivity contribution in [1.29, 1.82) is 0 Å². The fourth-order valence-corrected chi connectivity index (χ4v) is 1.63. The molecule has 1 aliphatic rings. The summed E-state index contributed by atoms with van der Waals surface area (Å²) in [6, 6.07) is 5.41. The highest BCUT2D eigenvalue weighted by atomic mass is 16.3. The number of nitrogens with zero attached hydrogens (tertiary/aromatic N) is 2. The van der Waals surface area contributed by atoms with Crippen LogP contribution < -0.4 is 0 Å². The van der Waals surface area contributed by atoms with Crippen LogP contribution in [-0.2, 0) is 4.79 Å². The zero-order valence-electron chi connectivity index (χ0n) is 8.01. The first kappa shape index (κ1) is 9.51. The highest BCUT2D eigenvalue weighted by Gasteiger charge is 2.37. The average molecular weight is 204 g/mol. The molecule has 1 aromatic rings. The molecule has 0 aliphatic carbocycles. The molecule has 5 nitrogen and oxygen atoms in total. The predicted octanol–water partition coefficient (Wildman–Crippen LogP) is 1.11. The van der Waals surface area contributed by atoms with Crippen LogP contribution >= 0.6 is 0 Å². The molecule has 0 saturated carbocycles. The standard InChI is InChI=1S/C10H8N2O3/c1-12-9(13)7-5-3-2-4-6(7)8(11-15)10(12)14/h2-5,8H,1H3. The number of hydrogen-bond acceptors (Lipinski definition) is 4. The van der Waals surface area contributed by atoms with Crippen molar-refractivity contribution in [2.24, 2.45) is 5.18 Å². The summed E-state index contributed by atoms with van der Waals surface area (Å²) in [6.45, 7) is 0. The molecule has 5 heteroatoms. The Balaban J connectivity index is 2.65. The quantitative estimate of drug-likeness (QED) is 0.508. The van der Waals surface area contributed by atoms with Crippen LogP contribution in [0.3, 0.4) is 0 Å². The van der Waals surface area contributed by atoms with E-state index in [4.69, 9.17) is 0 Å². The highest BCUT2D eigenvalue weighted by Crippen LogP contribution is 2.28. The van der Waals surface area contributed by atoms with Gasteiger partial charge in [0.05, 0.1) is 0 Å². The normalized spacial score (nSPS) is 20.1. The van der Waals surface area contributed by atoms with Gasteiger partial charge in [-0.2, -0.15) is 0 Å². The molecule has 2 rings (SSSR count). The molecule has 1 atom stereocenters. The molecule has 1 aromatic carbocycles. The molecule has 1 heterocycles. The van der Waals surface area contributed by atoms with Crippen LogP contribution in [0, 0.1) is 4.91 Å². The van der Waals surface area contributed by atoms with Gasteiger partial charge in [0, 0.05) is 18.2 Å². The van der Waals surface area contributed by atoms with Gasteiger partial charge in [0.25, 0.3) is 11.8 Å². The number of nitroso groups, excluding NO2 is 1. The molecule has 0 saturated heterocycles. The van der Waals surface area contributed by atoms with Crippen molar-refractivity contribution in [3.63, 3.8) is 0 Å². The number of imide groups is 1. The van der Waals surface area contributed by atoms with E-state index in [0.29, 0.717) is 11.1 Å². The number of carbonyl (C=O) groups is 2. The Morgan fingerprint density at radius 3 is 2.60 bits per heavy atom. The van der Waals surface area contributed by atoms with Gasteiger partial charge in [0.1, 0.15) is 0 Å². The molecule has 0 aromatic heterocycles. The number of amides is 2. The molecule has 0 fully saturated rings. The Labute approximate surface area is 85.7 Å². The molecule has 76 valence electrons. The lowest BCUT2D eigenvalue weighted by molar-refractivity contribution is -0.129. The number of benzene rings is 1. The zero-order chi connectivity index (χ0) is 11.0. The van der Waals surface area contributed by atoms with Crippen molar-refractivity contribution < 1.29 is 9.59 Å². The lowest BCUT2D eigenvalue weighted by Gasteiger charge is -2.25. The average Bonchev–Trinajstić information content (AvgIpc) is 2.27. The van der Waals surface area contributed by atoms with Crippen molar-refractivity contribution in [3.05, 3.63) is 40.3 Å². The fourth-order valence-electron chi connectivity index (χ4n) is 1.63. The molecule has 2 amide bonds. The molecule has 15 heavy (non-hydrogen) atoms. The number of likely N-dealkylation sites (N-methyl/N-ethyl adjacent to an activating group) is 1. The topological polar surface area (TPSA) is 66.8 Å². The van der Waals surface area contributed by atoms with E-state index in [-0.39, 0.29) is 0 Å². The van der Waals surface area contributed by atoms with Crippen molar-refractivity contribution in [2.45, 2.75) is 6.04 Å². The van der Waals surface area contributed by atoms with Gasteiger partial charge in [-0.1, -0.05) is 23.4 Å². The van der Waals surface area contributed by atoms with Crippen LogP contribution in [0.15, 0.2) is 29.4 Å². The maximum absolute atomic E-state index is 11.6. The summed E-state index contributed by atoms with van der Waals surface area (Å²) in [6.07, 6.45) is 0. The summed E-state index contributed by atoms with van der Waals surface area (Å²) < 4.78 is 0. The second-order valence-corrected chi connectivity index (χ2v) is 3.30. The minimum absolute atomic E-state index is 0.365. The van der Waals surface area contributed by atoms with Crippen molar-refractivity contribution in [1.82, 2.24) is 4.90 Å². The lowest BCUT2D eigenvalue weighted by Crippen LogP contribution is -2.41. The number of fused-ring (bicyclic) bond motifs is 1. The first-order valence-electron chi connectivity index (χ1n) is 4.40. The smallest absolute Gasteiger partial charge is 0.262 e. The van der Waals surface area contributed by atoms with E-state index in [9.17, 15) is 14.5 Å². The van der Waals surface area contributed by atoms with Crippen LogP contribution in [0.5, 0.6) is 0 Å². The van der Waals surface area contributed by atoms with Gasteiger partial charge < -0.3 is 0 Å². The van der Waals surface area contributed by atoms with E-state index in [1.165, 1.54) is 7.05 Å². The molecule has 1 unspecified atom stereocenters. The van der Waals surface area contributed by atoms with Crippen molar-refractivity contribution >= 4 is 11.8 Å². The monoisotopic (exact) mass is 204 g/mol. The Bertz CT molecular complexity index is 456. The molecular weight excluding hydrogens is 196 g/mol. The number of hydrogen-bond donors (Lipinski definition) is 0. The SMILES string of the molecule is CN1C(=O)c2ccccc2C(N=O)C1=O. The van der Waals surface area contributed by atoms with Crippen LogP contribution in [0.2, 0.25) is 0 Å². The number of rotatable bonds is 1. The second kappa shape index (κ2) is 3.27. The van der Waals surface area contributed by atoms with Gasteiger partial charge in [0.2, 0.25) is 0 Å². The lowest BCUT2D eigenvalue weighted by atomic mass is 9.95. The van der Waals surface area contributed by atoms with Crippen LogP contribution in [-0.4, -0.2) is 23.8 Å². The van der Waals surface area contributed by atoms with E-state index in [1.807, 2.05) is 0 Å². The van der Waals surface area contributed by atoms with Crippen LogP contribution in [0.25, 0.3) is 0 Å². The van der Waals surface area contributed by atoms with E-state index in [1.54, 1.807) is 24.3 Å². The summed E-state index contributed by atoms with van der Waals surface area (Å²) in [4.78, 5) is 34.7. The van der Waals surface area contributed by atoms with Gasteiger partial charge in [-0.3, -0.25) is 14.5 Å². The maximum atomic E-state index is 11.6. The van der Waals surface area contributed by atoms with Crippen molar-refractivity contribution in [3.8, 4) is 0 Å². The minimum Gasteiger partial charge on any atom is -0.279 e. The third-order valence-electron chi connectivity index (χ3n) is 2.46. The summed E-state index contributed by atoms with van der Waals surface area (Å²) in [7, 11) is 1.35. The van der Waals surface area contributed by atoms with Gasteiger partial charge in [-0.15, -0.1) is 4.91 Å². The van der Waals surface area contributed by atoms with Gasteiger partial charge in [-0.25, -0.2) is 0 Å². The number of carbonyl (C=O) groups excluding carboxylic acids is 2. The zero-order valence-corrected chi connectivity index (χ0v) is 8.01. The Morgan fingerprint density at radius 1 is 1.27 bits per heavy atom. The Hall–Kier alpha value is -2.04. The predicted molar refractivity (Wildman–Crippen MR) is 52.1 cm³/mol. The van der Waals surface area contributed by atoms with Gasteiger partial charge >= 0.3 is 0 Å². The van der Waals surface area contributed by atoms with Crippen molar-refractivity contribution in [2.75, 3.05) is 7.05 Å². The molecule has 0 bridgehead atoms. The van der Waals surface area contributed by atoms with E-state index in [0.717, 1.165) is 4.90 Å².